The lowest BCUT2D eigenvalue weighted by Gasteiger charge is -2.33. The summed E-state index contributed by atoms with van der Waals surface area (Å²) in [5.41, 5.74) is -0.0758. The van der Waals surface area contributed by atoms with E-state index in [-0.39, 0.29) is 30.0 Å². The Hall–Kier alpha value is -2.89. The van der Waals surface area contributed by atoms with Gasteiger partial charge in [-0.05, 0) is 37.3 Å². The Kier molecular flexibility index (Phi) is 4.79. The molecule has 2 bridgehead atoms. The monoisotopic (exact) mass is 380 g/mol. The van der Waals surface area contributed by atoms with Crippen molar-refractivity contribution < 1.29 is 14.7 Å². The number of fused-ring (bicyclic) bond motifs is 2. The highest BCUT2D eigenvalue weighted by Crippen LogP contribution is 2.52. The Bertz CT molecular complexity index is 939. The van der Waals surface area contributed by atoms with E-state index in [4.69, 9.17) is 0 Å². The number of nitrogens with zero attached hydrogens (tertiary/aromatic N) is 2. The van der Waals surface area contributed by atoms with Gasteiger partial charge in [0.2, 0.25) is 5.91 Å². The number of carbonyl (C=O) groups excluding carboxylic acids is 1. The third-order valence-corrected chi connectivity index (χ3v) is 6.28. The van der Waals surface area contributed by atoms with Gasteiger partial charge in [-0.15, -0.1) is 0 Å². The van der Waals surface area contributed by atoms with Crippen LogP contribution in [-0.2, 0) is 22.6 Å². The molecule has 3 heterocycles. The number of benzene rings is 1. The van der Waals surface area contributed by atoms with Crippen LogP contribution >= 0.6 is 0 Å². The number of rotatable bonds is 6. The first-order valence-corrected chi connectivity index (χ1v) is 9.75. The molecule has 146 valence electrons. The minimum atomic E-state index is -0.927. The maximum Gasteiger partial charge on any atom is 0.312 e. The van der Waals surface area contributed by atoms with E-state index in [1.807, 2.05) is 35.2 Å². The zero-order chi connectivity index (χ0) is 19.7. The van der Waals surface area contributed by atoms with Gasteiger partial charge in [0.1, 0.15) is 0 Å². The average Bonchev–Trinajstić information content (AvgIpc) is 3.24. The molecular formula is C22H24N2O4. The summed E-state index contributed by atoms with van der Waals surface area (Å²) in [6, 6.07) is 14.2. The molecule has 0 aliphatic carbocycles. The van der Waals surface area contributed by atoms with E-state index in [0.717, 1.165) is 18.4 Å². The number of aromatic nitrogens is 1. The molecule has 1 aromatic heterocycles. The standard InChI is InChI=1S/C22H24N2O4/c25-19-8-4-5-12-23(19)13-11-20(26)24-17-9-10-18(24)22(15-17,21(27)28)14-16-6-2-1-3-7-16/h1-8,12,17-18H,9-11,13-15H2,(H,27,28)/t17-,18+,22+/m0/s1. The first-order valence-electron chi connectivity index (χ1n) is 9.75. The molecule has 6 heteroatoms. The fraction of sp³-hybridized carbons (Fsp3) is 0.409. The molecule has 4 rings (SSSR count). The van der Waals surface area contributed by atoms with Gasteiger partial charge in [0.25, 0.3) is 5.56 Å². The number of amides is 1. The number of carbonyl (C=O) groups is 2. The topological polar surface area (TPSA) is 79.6 Å². The molecule has 2 aliphatic rings. The highest BCUT2D eigenvalue weighted by Gasteiger charge is 2.61. The van der Waals surface area contributed by atoms with Gasteiger partial charge in [-0.3, -0.25) is 14.4 Å². The van der Waals surface area contributed by atoms with Gasteiger partial charge in [0.05, 0.1) is 5.41 Å². The van der Waals surface area contributed by atoms with Crippen molar-refractivity contribution in [1.29, 1.82) is 0 Å². The second kappa shape index (κ2) is 7.26. The largest absolute Gasteiger partial charge is 0.481 e. The van der Waals surface area contributed by atoms with Crippen LogP contribution in [0.1, 0.15) is 31.2 Å². The fourth-order valence-corrected chi connectivity index (χ4v) is 5.01. The number of hydrogen-bond donors (Lipinski definition) is 1. The van der Waals surface area contributed by atoms with Gasteiger partial charge in [-0.1, -0.05) is 36.4 Å². The van der Waals surface area contributed by atoms with Crippen LogP contribution in [0.2, 0.25) is 0 Å². The summed E-state index contributed by atoms with van der Waals surface area (Å²) in [5, 5.41) is 10.1. The van der Waals surface area contributed by atoms with Crippen LogP contribution in [0.3, 0.4) is 0 Å². The zero-order valence-electron chi connectivity index (χ0n) is 15.7. The van der Waals surface area contributed by atoms with Crippen LogP contribution in [0.4, 0.5) is 0 Å². The number of aryl methyl sites for hydroxylation is 1. The van der Waals surface area contributed by atoms with E-state index in [1.54, 1.807) is 18.3 Å². The van der Waals surface area contributed by atoms with Crippen molar-refractivity contribution in [3.05, 3.63) is 70.6 Å². The molecule has 2 aromatic rings. The lowest BCUT2D eigenvalue weighted by molar-refractivity contribution is -0.151. The first kappa shape index (κ1) is 18.5. The van der Waals surface area contributed by atoms with Crippen molar-refractivity contribution in [2.45, 2.75) is 50.7 Å². The number of aliphatic carboxylic acids is 1. The van der Waals surface area contributed by atoms with Crippen LogP contribution in [-0.4, -0.2) is 38.5 Å². The summed E-state index contributed by atoms with van der Waals surface area (Å²) in [6.45, 7) is 0.313. The van der Waals surface area contributed by atoms with E-state index in [1.165, 1.54) is 10.6 Å². The van der Waals surface area contributed by atoms with Crippen molar-refractivity contribution in [3.63, 3.8) is 0 Å². The lowest BCUT2D eigenvalue weighted by atomic mass is 9.70. The van der Waals surface area contributed by atoms with Crippen LogP contribution in [0.15, 0.2) is 59.5 Å². The predicted octanol–water partition coefficient (Wildman–Crippen LogP) is 2.32. The fourth-order valence-electron chi connectivity index (χ4n) is 5.01. The summed E-state index contributed by atoms with van der Waals surface area (Å²) in [7, 11) is 0. The quantitative estimate of drug-likeness (QED) is 0.834. The summed E-state index contributed by atoms with van der Waals surface area (Å²) < 4.78 is 1.52. The van der Waals surface area contributed by atoms with Crippen molar-refractivity contribution in [1.82, 2.24) is 9.47 Å². The summed E-state index contributed by atoms with van der Waals surface area (Å²) in [4.78, 5) is 39.0. The normalized spacial score (nSPS) is 25.8. The maximum absolute atomic E-state index is 13.0. The van der Waals surface area contributed by atoms with Gasteiger partial charge in [-0.25, -0.2) is 0 Å². The minimum absolute atomic E-state index is 0.0233. The Morgan fingerprint density at radius 3 is 2.54 bits per heavy atom. The molecular weight excluding hydrogens is 356 g/mol. The highest BCUT2D eigenvalue weighted by molar-refractivity contribution is 5.83. The Labute approximate surface area is 163 Å². The molecule has 0 radical (unpaired) electrons. The molecule has 1 amide bonds. The minimum Gasteiger partial charge on any atom is -0.481 e. The predicted molar refractivity (Wildman–Crippen MR) is 104 cm³/mol. The van der Waals surface area contributed by atoms with Gasteiger partial charge < -0.3 is 14.6 Å². The van der Waals surface area contributed by atoms with Gasteiger partial charge in [-0.2, -0.15) is 0 Å². The molecule has 1 aromatic carbocycles. The Balaban J connectivity index is 1.53. The summed E-state index contributed by atoms with van der Waals surface area (Å²) in [6.07, 6.45) is 4.39. The first-order chi connectivity index (χ1) is 13.5. The van der Waals surface area contributed by atoms with Crippen molar-refractivity contribution in [3.8, 4) is 0 Å². The second-order valence-corrected chi connectivity index (χ2v) is 7.86. The van der Waals surface area contributed by atoms with E-state index >= 15 is 0 Å². The molecule has 0 unspecified atom stereocenters. The van der Waals surface area contributed by atoms with Crippen LogP contribution in [0.25, 0.3) is 0 Å². The van der Waals surface area contributed by atoms with Gasteiger partial charge in [0.15, 0.2) is 0 Å². The molecule has 2 fully saturated rings. The van der Waals surface area contributed by atoms with E-state index in [9.17, 15) is 19.5 Å². The van der Waals surface area contributed by atoms with Crippen LogP contribution < -0.4 is 5.56 Å². The van der Waals surface area contributed by atoms with Crippen LogP contribution in [0, 0.1) is 5.41 Å². The smallest absolute Gasteiger partial charge is 0.312 e. The van der Waals surface area contributed by atoms with Crippen molar-refractivity contribution >= 4 is 11.9 Å². The maximum atomic E-state index is 13.0. The number of hydrogen-bond acceptors (Lipinski definition) is 3. The Morgan fingerprint density at radius 2 is 1.82 bits per heavy atom. The summed E-state index contributed by atoms with van der Waals surface area (Å²) >= 11 is 0. The van der Waals surface area contributed by atoms with Gasteiger partial charge >= 0.3 is 5.97 Å². The van der Waals surface area contributed by atoms with Crippen LogP contribution in [0.5, 0.6) is 0 Å². The molecule has 0 spiro atoms. The van der Waals surface area contributed by atoms with E-state index in [0.29, 0.717) is 19.4 Å². The van der Waals surface area contributed by atoms with E-state index in [2.05, 4.69) is 0 Å². The number of pyridine rings is 1. The number of carboxylic acid groups (broad SMARTS) is 1. The molecule has 1 N–H and O–H groups in total. The average molecular weight is 380 g/mol. The van der Waals surface area contributed by atoms with E-state index < -0.39 is 11.4 Å². The number of carboxylic acids is 1. The highest BCUT2D eigenvalue weighted by atomic mass is 16.4. The van der Waals surface area contributed by atoms with Gasteiger partial charge in [0, 0.05) is 37.3 Å². The molecule has 2 aliphatic heterocycles. The third kappa shape index (κ3) is 3.13. The summed E-state index contributed by atoms with van der Waals surface area (Å²) in [5.74, 6) is -0.875. The lowest BCUT2D eigenvalue weighted by Crippen LogP contribution is -2.46. The Morgan fingerprint density at radius 1 is 1.07 bits per heavy atom. The third-order valence-electron chi connectivity index (χ3n) is 6.28. The molecule has 0 saturated carbocycles. The molecule has 6 nitrogen and oxygen atoms in total. The zero-order valence-corrected chi connectivity index (χ0v) is 15.7. The molecule has 2 saturated heterocycles. The SMILES string of the molecule is O=C(CCn1ccccc1=O)N1[C@H]2CC[C@@H]1[C@](Cc1ccccc1)(C(=O)O)C2. The molecule has 28 heavy (non-hydrogen) atoms. The van der Waals surface area contributed by atoms with Crippen molar-refractivity contribution in [2.75, 3.05) is 0 Å². The van der Waals surface area contributed by atoms with Crippen molar-refractivity contribution in [2.24, 2.45) is 5.41 Å². The second-order valence-electron chi connectivity index (χ2n) is 7.86. The molecule has 3 atom stereocenters.